The number of fused-ring (bicyclic) bond motifs is 1. The Kier molecular flexibility index (Phi) is 3.54. The molecule has 0 saturated heterocycles. The number of rotatable bonds is 3. The van der Waals surface area contributed by atoms with Crippen LogP contribution < -0.4 is 0 Å². The molecule has 0 atom stereocenters. The fourth-order valence-corrected chi connectivity index (χ4v) is 2.73. The molecule has 2 aromatic carbocycles. The van der Waals surface area contributed by atoms with E-state index in [2.05, 4.69) is 50.4 Å². The van der Waals surface area contributed by atoms with Crippen molar-refractivity contribution in [3.8, 4) is 11.4 Å². The minimum absolute atomic E-state index is 0.0959. The Morgan fingerprint density at radius 3 is 2.60 bits per heavy atom. The first-order valence-electron chi connectivity index (χ1n) is 6.45. The first-order chi connectivity index (χ1) is 9.72. The zero-order valence-electron chi connectivity index (χ0n) is 11.0. The first-order valence-corrected chi connectivity index (χ1v) is 7.25. The van der Waals surface area contributed by atoms with Crippen LogP contribution in [0.1, 0.15) is 12.7 Å². The fraction of sp³-hybridized carbons (Fsp3) is 0.200. The monoisotopic (exact) mass is 331 g/mol. The number of hydrogen-bond acceptors (Lipinski definition) is 3. The Balaban J connectivity index is 2.15. The molecule has 20 heavy (non-hydrogen) atoms. The highest BCUT2D eigenvalue weighted by atomic mass is 79.9. The molecule has 0 bridgehead atoms. The molecule has 0 radical (unpaired) electrons. The van der Waals surface area contributed by atoms with Gasteiger partial charge in [0.2, 0.25) is 0 Å². The summed E-state index contributed by atoms with van der Waals surface area (Å²) in [4.78, 5) is 0. The Labute approximate surface area is 125 Å². The summed E-state index contributed by atoms with van der Waals surface area (Å²) >= 11 is 3.48. The Morgan fingerprint density at radius 2 is 1.85 bits per heavy atom. The van der Waals surface area contributed by atoms with Crippen molar-refractivity contribution < 1.29 is 5.11 Å². The van der Waals surface area contributed by atoms with Gasteiger partial charge in [0, 0.05) is 16.6 Å². The van der Waals surface area contributed by atoms with E-state index in [0.29, 0.717) is 5.82 Å². The van der Waals surface area contributed by atoms with Crippen LogP contribution in [0.2, 0.25) is 0 Å². The lowest BCUT2D eigenvalue weighted by molar-refractivity contribution is 0.265. The lowest BCUT2D eigenvalue weighted by atomic mass is 10.1. The van der Waals surface area contributed by atoms with Crippen molar-refractivity contribution in [1.82, 2.24) is 14.8 Å². The molecule has 0 aliphatic carbocycles. The van der Waals surface area contributed by atoms with E-state index in [1.54, 1.807) is 0 Å². The smallest absolute Gasteiger partial charge is 0.164 e. The average molecular weight is 332 g/mol. The molecule has 3 aromatic rings. The van der Waals surface area contributed by atoms with Gasteiger partial charge in [-0.3, -0.25) is 0 Å². The van der Waals surface area contributed by atoms with Crippen molar-refractivity contribution in [3.63, 3.8) is 0 Å². The normalized spacial score (nSPS) is 11.2. The molecule has 0 aliphatic rings. The maximum atomic E-state index is 9.28. The van der Waals surface area contributed by atoms with Gasteiger partial charge in [0.25, 0.3) is 0 Å². The molecule has 102 valence electrons. The van der Waals surface area contributed by atoms with Crippen molar-refractivity contribution in [2.75, 3.05) is 0 Å². The van der Waals surface area contributed by atoms with E-state index in [9.17, 15) is 5.11 Å². The van der Waals surface area contributed by atoms with Gasteiger partial charge in [-0.1, -0.05) is 34.1 Å². The van der Waals surface area contributed by atoms with E-state index < -0.39 is 0 Å². The molecule has 0 fully saturated rings. The highest BCUT2D eigenvalue weighted by molar-refractivity contribution is 9.10. The summed E-state index contributed by atoms with van der Waals surface area (Å²) in [6, 6.07) is 12.4. The van der Waals surface area contributed by atoms with Gasteiger partial charge < -0.3 is 9.67 Å². The minimum Gasteiger partial charge on any atom is -0.388 e. The number of halogens is 1. The molecule has 0 amide bonds. The quantitative estimate of drug-likeness (QED) is 0.800. The second kappa shape index (κ2) is 5.34. The third-order valence-corrected chi connectivity index (χ3v) is 3.84. The minimum atomic E-state index is -0.0959. The molecule has 0 unspecified atom stereocenters. The summed E-state index contributed by atoms with van der Waals surface area (Å²) in [5.41, 5.74) is 1.01. The molecule has 1 heterocycles. The molecular weight excluding hydrogens is 318 g/mol. The molecule has 3 rings (SSSR count). The maximum Gasteiger partial charge on any atom is 0.164 e. The van der Waals surface area contributed by atoms with Crippen LogP contribution in [0.3, 0.4) is 0 Å². The van der Waals surface area contributed by atoms with E-state index in [1.165, 1.54) is 5.39 Å². The van der Waals surface area contributed by atoms with Crippen LogP contribution in [0.5, 0.6) is 0 Å². The molecule has 0 saturated carbocycles. The number of aromatic nitrogens is 3. The largest absolute Gasteiger partial charge is 0.388 e. The van der Waals surface area contributed by atoms with Crippen LogP contribution in [0.4, 0.5) is 0 Å². The molecule has 0 aliphatic heterocycles. The molecule has 5 heteroatoms. The molecule has 1 aromatic heterocycles. The number of hydrogen-bond donors (Lipinski definition) is 1. The topological polar surface area (TPSA) is 50.9 Å². The van der Waals surface area contributed by atoms with Gasteiger partial charge in [-0.05, 0) is 35.9 Å². The van der Waals surface area contributed by atoms with Crippen molar-refractivity contribution in [1.29, 1.82) is 0 Å². The Morgan fingerprint density at radius 1 is 1.10 bits per heavy atom. The van der Waals surface area contributed by atoms with Gasteiger partial charge in [-0.15, -0.1) is 10.2 Å². The van der Waals surface area contributed by atoms with Gasteiger partial charge >= 0.3 is 0 Å². The van der Waals surface area contributed by atoms with Crippen LogP contribution in [0.15, 0.2) is 40.9 Å². The number of benzene rings is 2. The summed E-state index contributed by atoms with van der Waals surface area (Å²) in [6.07, 6.45) is 0. The fourth-order valence-electron chi connectivity index (χ4n) is 2.35. The van der Waals surface area contributed by atoms with Crippen LogP contribution in [0.25, 0.3) is 22.2 Å². The van der Waals surface area contributed by atoms with Gasteiger partial charge in [0.1, 0.15) is 6.61 Å². The Bertz CT molecular complexity index is 767. The number of aliphatic hydroxyl groups excluding tert-OH is 1. The lowest BCUT2D eigenvalue weighted by Gasteiger charge is -2.07. The van der Waals surface area contributed by atoms with Gasteiger partial charge in [0.15, 0.2) is 11.6 Å². The second-order valence-corrected chi connectivity index (χ2v) is 5.46. The first kappa shape index (κ1) is 13.3. The van der Waals surface area contributed by atoms with Crippen molar-refractivity contribution in [2.45, 2.75) is 20.1 Å². The van der Waals surface area contributed by atoms with Crippen molar-refractivity contribution in [3.05, 3.63) is 46.7 Å². The van der Waals surface area contributed by atoms with E-state index in [4.69, 9.17) is 0 Å². The average Bonchev–Trinajstić information content (AvgIpc) is 2.89. The van der Waals surface area contributed by atoms with E-state index >= 15 is 0 Å². The third kappa shape index (κ3) is 2.23. The van der Waals surface area contributed by atoms with Crippen molar-refractivity contribution in [2.24, 2.45) is 0 Å². The zero-order valence-corrected chi connectivity index (χ0v) is 12.6. The number of nitrogens with zero attached hydrogens (tertiary/aromatic N) is 3. The summed E-state index contributed by atoms with van der Waals surface area (Å²) in [6.45, 7) is 2.65. The molecular formula is C15H14BrN3O. The van der Waals surface area contributed by atoms with Crippen LogP contribution in [-0.4, -0.2) is 19.9 Å². The molecule has 1 N–H and O–H groups in total. The highest BCUT2D eigenvalue weighted by Crippen LogP contribution is 2.26. The zero-order chi connectivity index (χ0) is 14.1. The number of aliphatic hydroxyl groups is 1. The van der Waals surface area contributed by atoms with Gasteiger partial charge in [-0.25, -0.2) is 0 Å². The Hall–Kier alpha value is -1.72. The molecule has 0 spiro atoms. The highest BCUT2D eigenvalue weighted by Gasteiger charge is 2.12. The third-order valence-electron chi connectivity index (χ3n) is 3.35. The second-order valence-electron chi connectivity index (χ2n) is 4.55. The summed E-state index contributed by atoms with van der Waals surface area (Å²) < 4.78 is 3.00. The summed E-state index contributed by atoms with van der Waals surface area (Å²) in [5.74, 6) is 1.39. The predicted molar refractivity (Wildman–Crippen MR) is 82.3 cm³/mol. The van der Waals surface area contributed by atoms with E-state index in [0.717, 1.165) is 27.8 Å². The standard InChI is InChI=1S/C15H14BrN3O/c1-2-19-14(9-20)17-18-15(19)12-4-3-11-8-13(16)6-5-10(11)7-12/h3-8,20H,2,9H2,1H3. The summed E-state index contributed by atoms with van der Waals surface area (Å²) in [7, 11) is 0. The lowest BCUT2D eigenvalue weighted by Crippen LogP contribution is -2.03. The van der Waals surface area contributed by atoms with Crippen LogP contribution >= 0.6 is 15.9 Å². The maximum absolute atomic E-state index is 9.28. The summed E-state index contributed by atoms with van der Waals surface area (Å²) in [5, 5.41) is 19.8. The van der Waals surface area contributed by atoms with Gasteiger partial charge in [-0.2, -0.15) is 0 Å². The van der Waals surface area contributed by atoms with Crippen LogP contribution in [0, 0.1) is 0 Å². The molecule has 4 nitrogen and oxygen atoms in total. The van der Waals surface area contributed by atoms with E-state index in [-0.39, 0.29) is 6.61 Å². The van der Waals surface area contributed by atoms with E-state index in [1.807, 2.05) is 23.6 Å². The SMILES string of the molecule is CCn1c(CO)nnc1-c1ccc2cc(Br)ccc2c1. The van der Waals surface area contributed by atoms with Gasteiger partial charge in [0.05, 0.1) is 0 Å². The predicted octanol–water partition coefficient (Wildman–Crippen LogP) is 3.37. The van der Waals surface area contributed by atoms with Crippen LogP contribution in [-0.2, 0) is 13.2 Å². The van der Waals surface area contributed by atoms with Crippen molar-refractivity contribution >= 4 is 26.7 Å².